The Labute approximate surface area is 160 Å². The highest BCUT2D eigenvalue weighted by Crippen LogP contribution is 2.36. The Balaban J connectivity index is 1.59. The molecule has 0 spiro atoms. The minimum atomic E-state index is 0.0701. The third-order valence-electron chi connectivity index (χ3n) is 6.04. The maximum absolute atomic E-state index is 10.3. The van der Waals surface area contributed by atoms with Gasteiger partial charge >= 0.3 is 0 Å². The highest BCUT2D eigenvalue weighted by Gasteiger charge is 2.38. The van der Waals surface area contributed by atoms with Crippen molar-refractivity contribution in [1.29, 1.82) is 5.26 Å². The highest BCUT2D eigenvalue weighted by atomic mass is 16.3. The van der Waals surface area contributed by atoms with Crippen LogP contribution in [0.2, 0.25) is 0 Å². The monoisotopic (exact) mass is 363 g/mol. The fraction of sp³-hybridized carbons (Fsp3) is 0.476. The zero-order valence-corrected chi connectivity index (χ0v) is 15.9. The molecule has 0 aliphatic carbocycles. The molecule has 1 aromatic heterocycles. The SMILES string of the molecule is CCN1CC[C@H]2CCN(c3ccc(-c4c(C)cc(C#N)cc4O)nn3)[C@H]2C1. The van der Waals surface area contributed by atoms with E-state index in [1.165, 1.54) is 25.5 Å². The molecule has 2 atom stereocenters. The van der Waals surface area contributed by atoms with Crippen LogP contribution in [0.15, 0.2) is 24.3 Å². The summed E-state index contributed by atoms with van der Waals surface area (Å²) in [5.74, 6) is 1.73. The van der Waals surface area contributed by atoms with Gasteiger partial charge in [-0.3, -0.25) is 0 Å². The number of hydrogen-bond acceptors (Lipinski definition) is 6. The Morgan fingerprint density at radius 1 is 1.22 bits per heavy atom. The molecule has 4 rings (SSSR count). The number of phenolic OH excluding ortho intramolecular Hbond substituents is 1. The van der Waals surface area contributed by atoms with Crippen LogP contribution < -0.4 is 4.90 Å². The van der Waals surface area contributed by atoms with E-state index in [0.717, 1.165) is 36.9 Å². The summed E-state index contributed by atoms with van der Waals surface area (Å²) < 4.78 is 0. The van der Waals surface area contributed by atoms with Crippen molar-refractivity contribution in [2.24, 2.45) is 5.92 Å². The molecule has 0 saturated carbocycles. The van der Waals surface area contributed by atoms with E-state index in [1.807, 2.05) is 19.1 Å². The molecule has 2 aromatic rings. The van der Waals surface area contributed by atoms with Crippen LogP contribution in [0.5, 0.6) is 5.75 Å². The van der Waals surface area contributed by atoms with E-state index < -0.39 is 0 Å². The second kappa shape index (κ2) is 7.16. The molecule has 0 amide bonds. The van der Waals surface area contributed by atoms with Gasteiger partial charge in [0.25, 0.3) is 0 Å². The third-order valence-corrected chi connectivity index (χ3v) is 6.04. The van der Waals surface area contributed by atoms with Gasteiger partial charge in [0.15, 0.2) is 5.82 Å². The summed E-state index contributed by atoms with van der Waals surface area (Å²) in [5, 5.41) is 28.2. The molecule has 0 radical (unpaired) electrons. The number of likely N-dealkylation sites (tertiary alicyclic amines) is 1. The van der Waals surface area contributed by atoms with Crippen molar-refractivity contribution in [2.45, 2.75) is 32.7 Å². The van der Waals surface area contributed by atoms with Crippen LogP contribution in [0.4, 0.5) is 5.82 Å². The number of hydrogen-bond donors (Lipinski definition) is 1. The van der Waals surface area contributed by atoms with E-state index >= 15 is 0 Å². The predicted octanol–water partition coefficient (Wildman–Crippen LogP) is 2.95. The fourth-order valence-electron chi connectivity index (χ4n) is 4.56. The smallest absolute Gasteiger partial charge is 0.151 e. The highest BCUT2D eigenvalue weighted by molar-refractivity contribution is 5.72. The zero-order valence-electron chi connectivity index (χ0n) is 15.9. The number of benzene rings is 1. The van der Waals surface area contributed by atoms with Crippen molar-refractivity contribution >= 4 is 5.82 Å². The Morgan fingerprint density at radius 3 is 2.70 bits per heavy atom. The lowest BCUT2D eigenvalue weighted by Gasteiger charge is -2.38. The van der Waals surface area contributed by atoms with Crippen LogP contribution in [-0.4, -0.2) is 52.4 Å². The van der Waals surface area contributed by atoms with Crippen LogP contribution in [0, 0.1) is 24.2 Å². The summed E-state index contributed by atoms with van der Waals surface area (Å²) in [6.45, 7) is 8.52. The number of aryl methyl sites for hydroxylation is 1. The van der Waals surface area contributed by atoms with E-state index in [2.05, 4.69) is 33.0 Å². The van der Waals surface area contributed by atoms with Gasteiger partial charge in [-0.15, -0.1) is 10.2 Å². The normalized spacial score (nSPS) is 22.5. The first-order valence-electron chi connectivity index (χ1n) is 9.67. The molecule has 0 bridgehead atoms. The van der Waals surface area contributed by atoms with Crippen molar-refractivity contribution in [3.8, 4) is 23.1 Å². The van der Waals surface area contributed by atoms with Crippen LogP contribution in [0.1, 0.15) is 30.9 Å². The predicted molar refractivity (Wildman–Crippen MR) is 105 cm³/mol. The van der Waals surface area contributed by atoms with Crippen molar-refractivity contribution in [1.82, 2.24) is 15.1 Å². The van der Waals surface area contributed by atoms with Gasteiger partial charge in [0.05, 0.1) is 17.3 Å². The average molecular weight is 363 g/mol. The molecule has 3 heterocycles. The molecule has 1 N–H and O–H groups in total. The number of phenols is 1. The zero-order chi connectivity index (χ0) is 19.0. The number of rotatable bonds is 3. The largest absolute Gasteiger partial charge is 0.507 e. The first kappa shape index (κ1) is 17.7. The van der Waals surface area contributed by atoms with Gasteiger partial charge in [-0.05, 0) is 68.6 Å². The van der Waals surface area contributed by atoms with Crippen molar-refractivity contribution in [2.75, 3.05) is 31.1 Å². The minimum Gasteiger partial charge on any atom is -0.507 e. The Kier molecular flexibility index (Phi) is 4.71. The fourth-order valence-corrected chi connectivity index (χ4v) is 4.56. The van der Waals surface area contributed by atoms with Crippen molar-refractivity contribution in [3.63, 3.8) is 0 Å². The van der Waals surface area contributed by atoms with Gasteiger partial charge in [-0.1, -0.05) is 6.92 Å². The molecular weight excluding hydrogens is 338 g/mol. The molecule has 0 unspecified atom stereocenters. The Morgan fingerprint density at radius 2 is 2.04 bits per heavy atom. The number of piperidine rings is 1. The number of nitriles is 1. The average Bonchev–Trinajstić information content (AvgIpc) is 3.11. The lowest BCUT2D eigenvalue weighted by molar-refractivity contribution is 0.182. The molecule has 2 fully saturated rings. The van der Waals surface area contributed by atoms with Gasteiger partial charge in [-0.2, -0.15) is 5.26 Å². The molecule has 2 aliphatic heterocycles. The van der Waals surface area contributed by atoms with Gasteiger partial charge in [0, 0.05) is 24.7 Å². The second-order valence-corrected chi connectivity index (χ2v) is 7.57. The quantitative estimate of drug-likeness (QED) is 0.903. The maximum Gasteiger partial charge on any atom is 0.151 e. The number of likely N-dealkylation sites (N-methyl/N-ethyl adjacent to an activating group) is 1. The van der Waals surface area contributed by atoms with E-state index in [4.69, 9.17) is 5.26 Å². The first-order valence-corrected chi connectivity index (χ1v) is 9.67. The van der Waals surface area contributed by atoms with E-state index in [1.54, 1.807) is 6.07 Å². The molecule has 27 heavy (non-hydrogen) atoms. The Bertz CT molecular complexity index is 850. The van der Waals surface area contributed by atoms with Gasteiger partial charge in [-0.25, -0.2) is 0 Å². The number of aromatic hydroxyl groups is 1. The van der Waals surface area contributed by atoms with Gasteiger partial charge < -0.3 is 14.9 Å². The van der Waals surface area contributed by atoms with Gasteiger partial charge in [0.2, 0.25) is 0 Å². The molecular formula is C21H25N5O. The van der Waals surface area contributed by atoms with Crippen molar-refractivity contribution < 1.29 is 5.11 Å². The summed E-state index contributed by atoms with van der Waals surface area (Å²) in [6, 6.07) is 9.74. The van der Waals surface area contributed by atoms with Crippen LogP contribution >= 0.6 is 0 Å². The number of nitrogens with zero attached hydrogens (tertiary/aromatic N) is 5. The van der Waals surface area contributed by atoms with Crippen LogP contribution in [0.3, 0.4) is 0 Å². The molecule has 1 aromatic carbocycles. The topological polar surface area (TPSA) is 76.3 Å². The molecule has 140 valence electrons. The first-order chi connectivity index (χ1) is 13.1. The van der Waals surface area contributed by atoms with E-state index in [-0.39, 0.29) is 5.75 Å². The van der Waals surface area contributed by atoms with E-state index in [9.17, 15) is 5.11 Å². The minimum absolute atomic E-state index is 0.0701. The van der Waals surface area contributed by atoms with Crippen LogP contribution in [-0.2, 0) is 0 Å². The lowest BCUT2D eigenvalue weighted by atomic mass is 9.92. The summed E-state index contributed by atoms with van der Waals surface area (Å²) in [5.41, 5.74) is 2.54. The molecule has 6 nitrogen and oxygen atoms in total. The maximum atomic E-state index is 10.3. The Hall–Kier alpha value is -2.65. The summed E-state index contributed by atoms with van der Waals surface area (Å²) >= 11 is 0. The third kappa shape index (κ3) is 3.24. The number of anilines is 1. The van der Waals surface area contributed by atoms with Crippen molar-refractivity contribution in [3.05, 3.63) is 35.4 Å². The van der Waals surface area contributed by atoms with E-state index in [0.29, 0.717) is 22.9 Å². The number of aromatic nitrogens is 2. The van der Waals surface area contributed by atoms with Crippen LogP contribution in [0.25, 0.3) is 11.3 Å². The van der Waals surface area contributed by atoms with Gasteiger partial charge in [0.1, 0.15) is 5.75 Å². The molecule has 6 heteroatoms. The summed E-state index contributed by atoms with van der Waals surface area (Å²) in [7, 11) is 0. The lowest BCUT2D eigenvalue weighted by Crippen LogP contribution is -2.48. The second-order valence-electron chi connectivity index (χ2n) is 7.57. The summed E-state index contributed by atoms with van der Waals surface area (Å²) in [4.78, 5) is 4.91. The standard InChI is InChI=1S/C21H25N5O/c1-3-25-8-6-16-7-9-26(18(16)13-25)20-5-4-17(23-24-20)21-14(2)10-15(12-22)11-19(21)27/h4-5,10-11,16,18,27H,3,6-9,13H2,1-2H3/t16-,18-/m0/s1. The molecule has 2 aliphatic rings. The molecule has 2 saturated heterocycles. The number of fused-ring (bicyclic) bond motifs is 1. The summed E-state index contributed by atoms with van der Waals surface area (Å²) in [6.07, 6.45) is 2.49.